The van der Waals surface area contributed by atoms with Gasteiger partial charge in [-0.25, -0.2) is 0 Å². The number of rotatable bonds is 5. The average Bonchev–Trinajstić information content (AvgIpc) is 2.55. The second kappa shape index (κ2) is 10.3. The zero-order chi connectivity index (χ0) is 17.3. The van der Waals surface area contributed by atoms with E-state index >= 15 is 0 Å². The number of likely N-dealkylation sites (tertiary alicyclic amines) is 1. The number of hydrogen-bond donors (Lipinski definition) is 0. The molecule has 1 saturated heterocycles. The number of halogens is 1. The number of alkyl halides is 1. The smallest absolute Gasteiger partial charge is 0.0681 e. The van der Waals surface area contributed by atoms with Crippen molar-refractivity contribution in [3.63, 3.8) is 0 Å². The zero-order valence-corrected chi connectivity index (χ0v) is 16.3. The largest absolute Gasteiger partial charge is 0.375 e. The molecular formula is C20H34ClNO. The third-order valence-electron chi connectivity index (χ3n) is 4.49. The van der Waals surface area contributed by atoms with Crippen LogP contribution in [0.4, 0.5) is 0 Å². The first-order chi connectivity index (χ1) is 11.0. The number of hydrogen-bond acceptors (Lipinski definition) is 2. The Bertz CT molecular complexity index is 425. The molecule has 132 valence electrons. The summed E-state index contributed by atoms with van der Waals surface area (Å²) in [4.78, 5) is 2.53. The predicted octanol–water partition coefficient (Wildman–Crippen LogP) is 5.66. The molecule has 0 bridgehead atoms. The van der Waals surface area contributed by atoms with Crippen molar-refractivity contribution in [3.8, 4) is 0 Å². The SMILES string of the molecule is CCC.CCOC1(C)CCN([C@H](C)c2ccccc2)[C@H](CCl)C1. The first-order valence-corrected chi connectivity index (χ1v) is 9.55. The Balaban J connectivity index is 0.000000816. The van der Waals surface area contributed by atoms with Gasteiger partial charge in [0.25, 0.3) is 0 Å². The molecule has 0 radical (unpaired) electrons. The molecule has 0 aromatic heterocycles. The molecule has 0 N–H and O–H groups in total. The van der Waals surface area contributed by atoms with Gasteiger partial charge >= 0.3 is 0 Å². The Morgan fingerprint density at radius 1 is 1.26 bits per heavy atom. The van der Waals surface area contributed by atoms with Crippen LogP contribution in [-0.2, 0) is 4.74 Å². The second-order valence-electron chi connectivity index (χ2n) is 6.68. The number of piperidine rings is 1. The molecule has 23 heavy (non-hydrogen) atoms. The van der Waals surface area contributed by atoms with Crippen LogP contribution in [0.3, 0.4) is 0 Å². The molecule has 1 fully saturated rings. The Labute approximate surface area is 148 Å². The third-order valence-corrected chi connectivity index (χ3v) is 4.84. The lowest BCUT2D eigenvalue weighted by Gasteiger charge is -2.46. The standard InChI is InChI=1S/C17H26ClNO.C3H8/c1-4-20-17(3)10-11-19(16(12-17)13-18)14(2)15-8-6-5-7-9-15;1-3-2/h5-9,14,16H,4,10-13H2,1-3H3;3H2,1-2H3/t14-,16+,17?;/m1./s1. The Morgan fingerprint density at radius 2 is 1.87 bits per heavy atom. The Hall–Kier alpha value is -0.570. The molecule has 1 aliphatic rings. The van der Waals surface area contributed by atoms with Crippen molar-refractivity contribution in [2.24, 2.45) is 0 Å². The fraction of sp³-hybridized carbons (Fsp3) is 0.700. The summed E-state index contributed by atoms with van der Waals surface area (Å²) in [6.07, 6.45) is 3.34. The van der Waals surface area contributed by atoms with Gasteiger partial charge in [0.15, 0.2) is 0 Å². The fourth-order valence-electron chi connectivity index (χ4n) is 3.32. The lowest BCUT2D eigenvalue weighted by molar-refractivity contribution is -0.0873. The molecule has 1 aliphatic heterocycles. The molecular weight excluding hydrogens is 306 g/mol. The van der Waals surface area contributed by atoms with Crippen LogP contribution in [0.1, 0.15) is 65.5 Å². The van der Waals surface area contributed by atoms with Crippen LogP contribution in [0.5, 0.6) is 0 Å². The highest BCUT2D eigenvalue weighted by Gasteiger charge is 2.38. The van der Waals surface area contributed by atoms with E-state index in [0.717, 1.165) is 26.0 Å². The van der Waals surface area contributed by atoms with Crippen LogP contribution in [0.25, 0.3) is 0 Å². The van der Waals surface area contributed by atoms with Gasteiger partial charge in [-0.1, -0.05) is 50.6 Å². The van der Waals surface area contributed by atoms with Crippen molar-refractivity contribution in [1.29, 1.82) is 0 Å². The second-order valence-corrected chi connectivity index (χ2v) is 6.99. The van der Waals surface area contributed by atoms with Crippen LogP contribution in [0.2, 0.25) is 0 Å². The molecule has 2 nitrogen and oxygen atoms in total. The molecule has 1 aromatic carbocycles. The summed E-state index contributed by atoms with van der Waals surface area (Å²) in [5.41, 5.74) is 1.35. The summed E-state index contributed by atoms with van der Waals surface area (Å²) in [7, 11) is 0. The molecule has 2 rings (SSSR count). The minimum atomic E-state index is -0.0127. The number of benzene rings is 1. The van der Waals surface area contributed by atoms with Gasteiger partial charge in [0.1, 0.15) is 0 Å². The third kappa shape index (κ3) is 6.10. The summed E-state index contributed by atoms with van der Waals surface area (Å²) in [6.45, 7) is 12.6. The predicted molar refractivity (Wildman–Crippen MR) is 101 cm³/mol. The van der Waals surface area contributed by atoms with Crippen molar-refractivity contribution in [2.75, 3.05) is 19.0 Å². The topological polar surface area (TPSA) is 12.5 Å². The van der Waals surface area contributed by atoms with E-state index in [1.54, 1.807) is 0 Å². The van der Waals surface area contributed by atoms with Crippen molar-refractivity contribution >= 4 is 11.6 Å². The lowest BCUT2D eigenvalue weighted by atomic mass is 9.86. The van der Waals surface area contributed by atoms with Gasteiger partial charge in [0.05, 0.1) is 5.60 Å². The lowest BCUT2D eigenvalue weighted by Crippen LogP contribution is -2.51. The van der Waals surface area contributed by atoms with E-state index in [1.807, 2.05) is 0 Å². The number of ether oxygens (including phenoxy) is 1. The highest BCUT2D eigenvalue weighted by atomic mass is 35.5. The van der Waals surface area contributed by atoms with E-state index in [-0.39, 0.29) is 5.60 Å². The van der Waals surface area contributed by atoms with Crippen molar-refractivity contribution < 1.29 is 4.74 Å². The van der Waals surface area contributed by atoms with Crippen LogP contribution in [-0.4, -0.2) is 35.6 Å². The quantitative estimate of drug-likeness (QED) is 0.641. The fourth-order valence-corrected chi connectivity index (χ4v) is 3.61. The Morgan fingerprint density at radius 3 is 2.39 bits per heavy atom. The normalized spacial score (nSPS) is 26.3. The van der Waals surface area contributed by atoms with E-state index in [4.69, 9.17) is 16.3 Å². The van der Waals surface area contributed by atoms with Crippen LogP contribution in [0, 0.1) is 0 Å². The van der Waals surface area contributed by atoms with E-state index in [9.17, 15) is 0 Å². The van der Waals surface area contributed by atoms with Crippen molar-refractivity contribution in [1.82, 2.24) is 4.90 Å². The van der Waals surface area contributed by atoms with E-state index in [0.29, 0.717) is 18.0 Å². The molecule has 0 amide bonds. The molecule has 1 aromatic rings. The summed E-state index contributed by atoms with van der Waals surface area (Å²) in [5, 5.41) is 0. The van der Waals surface area contributed by atoms with Crippen LogP contribution in [0.15, 0.2) is 30.3 Å². The van der Waals surface area contributed by atoms with Crippen LogP contribution < -0.4 is 0 Å². The minimum Gasteiger partial charge on any atom is -0.375 e. The summed E-state index contributed by atoms with van der Waals surface area (Å²) >= 11 is 6.24. The van der Waals surface area contributed by atoms with Crippen LogP contribution >= 0.6 is 11.6 Å². The maximum Gasteiger partial charge on any atom is 0.0681 e. The average molecular weight is 340 g/mol. The van der Waals surface area contributed by atoms with Gasteiger partial charge in [0, 0.05) is 31.1 Å². The first-order valence-electron chi connectivity index (χ1n) is 9.01. The van der Waals surface area contributed by atoms with Gasteiger partial charge < -0.3 is 4.74 Å². The minimum absolute atomic E-state index is 0.0127. The maximum absolute atomic E-state index is 6.24. The Kier molecular flexibility index (Phi) is 9.19. The molecule has 1 unspecified atom stereocenters. The monoisotopic (exact) mass is 339 g/mol. The van der Waals surface area contributed by atoms with Crippen molar-refractivity contribution in [3.05, 3.63) is 35.9 Å². The van der Waals surface area contributed by atoms with Gasteiger partial charge in [-0.3, -0.25) is 4.90 Å². The van der Waals surface area contributed by atoms with Crippen molar-refractivity contribution in [2.45, 2.75) is 71.6 Å². The highest BCUT2D eigenvalue weighted by molar-refractivity contribution is 6.18. The van der Waals surface area contributed by atoms with E-state index in [1.165, 1.54) is 12.0 Å². The summed E-state index contributed by atoms with van der Waals surface area (Å²) < 4.78 is 5.95. The van der Waals surface area contributed by atoms with Gasteiger partial charge in [-0.15, -0.1) is 11.6 Å². The molecule has 0 spiro atoms. The molecule has 1 heterocycles. The van der Waals surface area contributed by atoms with Gasteiger partial charge in [0.2, 0.25) is 0 Å². The maximum atomic E-state index is 6.24. The highest BCUT2D eigenvalue weighted by Crippen LogP contribution is 2.35. The molecule has 0 saturated carbocycles. The summed E-state index contributed by atoms with van der Waals surface area (Å²) in [5.74, 6) is 0.667. The molecule has 0 aliphatic carbocycles. The summed E-state index contributed by atoms with van der Waals surface area (Å²) in [6, 6.07) is 11.5. The number of nitrogens with zero attached hydrogens (tertiary/aromatic N) is 1. The van der Waals surface area contributed by atoms with Gasteiger partial charge in [-0.2, -0.15) is 0 Å². The zero-order valence-electron chi connectivity index (χ0n) is 15.5. The van der Waals surface area contributed by atoms with E-state index in [2.05, 4.69) is 69.9 Å². The van der Waals surface area contributed by atoms with Gasteiger partial charge in [-0.05, 0) is 39.2 Å². The molecule has 3 heteroatoms. The van der Waals surface area contributed by atoms with E-state index < -0.39 is 0 Å². The first kappa shape index (κ1) is 20.5. The molecule has 3 atom stereocenters.